The minimum Gasteiger partial charge on any atom is -0.329 e. The van der Waals surface area contributed by atoms with Crippen LogP contribution in [0.3, 0.4) is 0 Å². The number of nitrogens with zero attached hydrogens (tertiary/aromatic N) is 2. The molecule has 2 heterocycles. The molecule has 0 saturated heterocycles. The van der Waals surface area contributed by atoms with Gasteiger partial charge in [-0.25, -0.2) is 4.98 Å². The fourth-order valence-electron chi connectivity index (χ4n) is 1.99. The topological polar surface area (TPSA) is 50.7 Å². The number of aromatic nitrogens is 3. The maximum absolute atomic E-state index is 11.2. The van der Waals surface area contributed by atoms with Crippen LogP contribution in [0.1, 0.15) is 24.9 Å². The molecule has 0 radical (unpaired) electrons. The Morgan fingerprint density at radius 2 is 2.33 bits per heavy atom. The summed E-state index contributed by atoms with van der Waals surface area (Å²) in [5.41, 5.74) is 2.94. The van der Waals surface area contributed by atoms with Gasteiger partial charge in [0.25, 0.3) is 0 Å². The predicted octanol–water partition coefficient (Wildman–Crippen LogP) is 2.73. The fourth-order valence-corrected chi connectivity index (χ4v) is 3.04. The van der Waals surface area contributed by atoms with Crippen LogP contribution in [0.5, 0.6) is 0 Å². The maximum Gasteiger partial charge on any atom is 0.179 e. The van der Waals surface area contributed by atoms with Gasteiger partial charge in [-0.2, -0.15) is 0 Å². The van der Waals surface area contributed by atoms with Crippen molar-refractivity contribution in [3.8, 4) is 0 Å². The molecule has 2 unspecified atom stereocenters. The first kappa shape index (κ1) is 13.4. The summed E-state index contributed by atoms with van der Waals surface area (Å²) in [7, 11) is -0.770. The Bertz CT molecular complexity index is 644. The number of aromatic amines is 1. The molecule has 18 heavy (non-hydrogen) atoms. The molecule has 4 nitrogen and oxygen atoms in total. The summed E-state index contributed by atoms with van der Waals surface area (Å²) in [5, 5.41) is 0. The zero-order valence-corrected chi connectivity index (χ0v) is 12.4. The van der Waals surface area contributed by atoms with E-state index in [0.717, 1.165) is 23.1 Å². The highest BCUT2D eigenvalue weighted by atomic mass is 32.2. The standard InChI is InChI=1S/C12H17N3OS2/c1-8-6-10-11(13-7-8)15(12(17)14-10)9(2)4-5-18(3)16/h6-7,9H,4-5H2,1-3H3,(H,14,17). The summed E-state index contributed by atoms with van der Waals surface area (Å²) < 4.78 is 13.9. The normalized spacial score (nSPS) is 14.8. The Labute approximate surface area is 114 Å². The molecule has 0 amide bonds. The Morgan fingerprint density at radius 1 is 1.61 bits per heavy atom. The SMILES string of the molecule is Cc1cnc2c(c1)[nH]c(=S)n2C(C)CCS(C)=O. The Hall–Kier alpha value is -1.01. The van der Waals surface area contributed by atoms with Gasteiger partial charge in [-0.05, 0) is 44.1 Å². The quantitative estimate of drug-likeness (QED) is 0.878. The third-order valence-corrected chi connectivity index (χ3v) is 4.07. The van der Waals surface area contributed by atoms with E-state index in [-0.39, 0.29) is 6.04 Å². The number of imidazole rings is 1. The van der Waals surface area contributed by atoms with Gasteiger partial charge in [-0.15, -0.1) is 0 Å². The molecule has 0 spiro atoms. The van der Waals surface area contributed by atoms with Crippen LogP contribution in [-0.2, 0) is 10.8 Å². The van der Waals surface area contributed by atoms with E-state index in [9.17, 15) is 4.21 Å². The van der Waals surface area contributed by atoms with Crippen molar-refractivity contribution in [1.29, 1.82) is 0 Å². The minimum atomic E-state index is -0.770. The third-order valence-electron chi connectivity index (χ3n) is 2.96. The smallest absolute Gasteiger partial charge is 0.179 e. The Balaban J connectivity index is 2.41. The van der Waals surface area contributed by atoms with Crippen molar-refractivity contribution < 1.29 is 4.21 Å². The summed E-state index contributed by atoms with van der Waals surface area (Å²) in [6.45, 7) is 4.09. The van der Waals surface area contributed by atoms with Gasteiger partial charge in [-0.3, -0.25) is 8.78 Å². The Morgan fingerprint density at radius 3 is 3.00 bits per heavy atom. The highest BCUT2D eigenvalue weighted by Gasteiger charge is 2.12. The molecule has 2 aromatic heterocycles. The molecule has 6 heteroatoms. The van der Waals surface area contributed by atoms with Crippen LogP contribution in [-0.4, -0.2) is 30.8 Å². The molecule has 0 fully saturated rings. The monoisotopic (exact) mass is 283 g/mol. The summed E-state index contributed by atoms with van der Waals surface area (Å²) in [4.78, 5) is 7.61. The number of fused-ring (bicyclic) bond motifs is 1. The second-order valence-electron chi connectivity index (χ2n) is 4.60. The number of rotatable bonds is 4. The average molecular weight is 283 g/mol. The van der Waals surface area contributed by atoms with Crippen LogP contribution in [0, 0.1) is 11.7 Å². The van der Waals surface area contributed by atoms with Gasteiger partial charge in [0.05, 0.1) is 5.52 Å². The predicted molar refractivity (Wildman–Crippen MR) is 77.9 cm³/mol. The molecule has 2 atom stereocenters. The van der Waals surface area contributed by atoms with Crippen LogP contribution in [0.4, 0.5) is 0 Å². The number of aryl methyl sites for hydroxylation is 1. The zero-order valence-electron chi connectivity index (χ0n) is 10.8. The van der Waals surface area contributed by atoms with E-state index in [1.807, 2.05) is 23.8 Å². The molecule has 98 valence electrons. The zero-order chi connectivity index (χ0) is 13.3. The van der Waals surface area contributed by atoms with Gasteiger partial charge in [0, 0.05) is 35.0 Å². The second-order valence-corrected chi connectivity index (χ2v) is 6.54. The lowest BCUT2D eigenvalue weighted by atomic mass is 10.2. The molecule has 0 aromatic carbocycles. The molecule has 0 bridgehead atoms. The summed E-state index contributed by atoms with van der Waals surface area (Å²) >= 11 is 5.34. The average Bonchev–Trinajstić information content (AvgIpc) is 2.61. The number of nitrogens with one attached hydrogen (secondary N) is 1. The minimum absolute atomic E-state index is 0.199. The van der Waals surface area contributed by atoms with Crippen LogP contribution >= 0.6 is 12.2 Å². The van der Waals surface area contributed by atoms with Gasteiger partial charge in [0.2, 0.25) is 0 Å². The van der Waals surface area contributed by atoms with Crippen LogP contribution in [0.2, 0.25) is 0 Å². The summed E-state index contributed by atoms with van der Waals surface area (Å²) in [6, 6.07) is 2.24. The molecule has 0 saturated carbocycles. The fraction of sp³-hybridized carbons (Fsp3) is 0.500. The van der Waals surface area contributed by atoms with E-state index in [1.54, 1.807) is 6.26 Å². The van der Waals surface area contributed by atoms with E-state index in [1.165, 1.54) is 0 Å². The highest BCUT2D eigenvalue weighted by Crippen LogP contribution is 2.20. The van der Waals surface area contributed by atoms with E-state index in [4.69, 9.17) is 12.2 Å². The molecule has 0 aliphatic rings. The molecule has 2 aromatic rings. The molecular weight excluding hydrogens is 266 g/mol. The summed E-state index contributed by atoms with van der Waals surface area (Å²) in [6.07, 6.45) is 4.40. The van der Waals surface area contributed by atoms with Crippen molar-refractivity contribution >= 4 is 34.2 Å². The van der Waals surface area contributed by atoms with Gasteiger partial charge >= 0.3 is 0 Å². The van der Waals surface area contributed by atoms with Crippen molar-refractivity contribution in [1.82, 2.24) is 14.5 Å². The third kappa shape index (κ3) is 2.70. The van der Waals surface area contributed by atoms with E-state index in [2.05, 4.69) is 16.9 Å². The second kappa shape index (κ2) is 5.32. The number of hydrogen-bond donors (Lipinski definition) is 1. The van der Waals surface area contributed by atoms with Gasteiger partial charge in [0.15, 0.2) is 10.4 Å². The molecule has 1 N–H and O–H groups in total. The van der Waals surface area contributed by atoms with Crippen LogP contribution in [0.25, 0.3) is 11.2 Å². The largest absolute Gasteiger partial charge is 0.329 e. The lowest BCUT2D eigenvalue weighted by molar-refractivity contribution is 0.536. The van der Waals surface area contributed by atoms with Gasteiger partial charge in [-0.1, -0.05) is 0 Å². The first-order valence-electron chi connectivity index (χ1n) is 5.86. The molecular formula is C12H17N3OS2. The molecule has 0 aliphatic carbocycles. The highest BCUT2D eigenvalue weighted by molar-refractivity contribution is 7.84. The lowest BCUT2D eigenvalue weighted by Crippen LogP contribution is -2.09. The van der Waals surface area contributed by atoms with Crippen LogP contribution in [0.15, 0.2) is 12.3 Å². The maximum atomic E-state index is 11.2. The van der Waals surface area contributed by atoms with E-state index in [0.29, 0.717) is 10.5 Å². The summed E-state index contributed by atoms with van der Waals surface area (Å²) in [5.74, 6) is 0.682. The van der Waals surface area contributed by atoms with Crippen molar-refractivity contribution in [3.63, 3.8) is 0 Å². The van der Waals surface area contributed by atoms with Crippen LogP contribution < -0.4 is 0 Å². The molecule has 0 aliphatic heterocycles. The van der Waals surface area contributed by atoms with Gasteiger partial charge in [0.1, 0.15) is 0 Å². The number of H-pyrrole nitrogens is 1. The van der Waals surface area contributed by atoms with Crippen molar-refractivity contribution in [3.05, 3.63) is 22.6 Å². The first-order valence-corrected chi connectivity index (χ1v) is 7.99. The number of pyridine rings is 1. The van der Waals surface area contributed by atoms with E-state index >= 15 is 0 Å². The van der Waals surface area contributed by atoms with E-state index < -0.39 is 10.8 Å². The van der Waals surface area contributed by atoms with Crippen molar-refractivity contribution in [2.24, 2.45) is 0 Å². The van der Waals surface area contributed by atoms with Gasteiger partial charge < -0.3 is 4.98 Å². The lowest BCUT2D eigenvalue weighted by Gasteiger charge is -2.13. The van der Waals surface area contributed by atoms with Crippen molar-refractivity contribution in [2.45, 2.75) is 26.3 Å². The van der Waals surface area contributed by atoms with Crippen molar-refractivity contribution in [2.75, 3.05) is 12.0 Å². The molecule has 2 rings (SSSR count). The Kier molecular flexibility index (Phi) is 3.97. The first-order chi connectivity index (χ1) is 8.49. The number of hydrogen-bond acceptors (Lipinski definition) is 3.